The molecule has 6 nitrogen and oxygen atoms in total. The van der Waals surface area contributed by atoms with Crippen LogP contribution in [-0.2, 0) is 7.05 Å². The highest BCUT2D eigenvalue weighted by atomic mass is 16.2. The van der Waals surface area contributed by atoms with E-state index in [-0.39, 0.29) is 5.91 Å². The Labute approximate surface area is 142 Å². The molecule has 1 unspecified atom stereocenters. The van der Waals surface area contributed by atoms with Crippen molar-refractivity contribution in [2.75, 3.05) is 13.1 Å². The quantitative estimate of drug-likeness (QED) is 0.871. The average Bonchev–Trinajstić information content (AvgIpc) is 3.27. The van der Waals surface area contributed by atoms with Crippen molar-refractivity contribution in [3.05, 3.63) is 35.2 Å². The number of likely N-dealkylation sites (tertiary alicyclic amines) is 1. The zero-order valence-electron chi connectivity index (χ0n) is 14.7. The van der Waals surface area contributed by atoms with Gasteiger partial charge >= 0.3 is 0 Å². The van der Waals surface area contributed by atoms with Crippen LogP contribution in [0.3, 0.4) is 0 Å². The minimum absolute atomic E-state index is 0.0501. The summed E-state index contributed by atoms with van der Waals surface area (Å²) in [7, 11) is 1.88. The maximum Gasteiger partial charge on any atom is 0.274 e. The lowest BCUT2D eigenvalue weighted by Gasteiger charge is -2.34. The molecule has 128 valence electrons. The molecule has 4 rings (SSSR count). The van der Waals surface area contributed by atoms with E-state index in [2.05, 4.69) is 21.6 Å². The van der Waals surface area contributed by atoms with Crippen molar-refractivity contribution < 1.29 is 4.79 Å². The molecule has 1 saturated carbocycles. The van der Waals surface area contributed by atoms with Gasteiger partial charge < -0.3 is 9.47 Å². The first-order valence-electron chi connectivity index (χ1n) is 8.88. The Balaban J connectivity index is 1.56. The van der Waals surface area contributed by atoms with E-state index in [4.69, 9.17) is 0 Å². The van der Waals surface area contributed by atoms with E-state index >= 15 is 0 Å². The number of amides is 1. The number of carbonyl (C=O) groups excluding carboxylic acids is 1. The Bertz CT molecular complexity index is 751. The minimum Gasteiger partial charge on any atom is -0.335 e. The normalized spacial score (nSPS) is 21.3. The van der Waals surface area contributed by atoms with Crippen LogP contribution in [0.2, 0.25) is 0 Å². The second kappa shape index (κ2) is 5.76. The van der Waals surface area contributed by atoms with Gasteiger partial charge in [-0.15, -0.1) is 0 Å². The number of rotatable bonds is 3. The van der Waals surface area contributed by atoms with E-state index in [1.54, 1.807) is 4.68 Å². The molecule has 2 aromatic heterocycles. The summed E-state index contributed by atoms with van der Waals surface area (Å²) in [5.41, 5.74) is 2.78. The molecule has 0 radical (unpaired) electrons. The Hall–Kier alpha value is -2.11. The van der Waals surface area contributed by atoms with Crippen molar-refractivity contribution in [2.45, 2.75) is 51.5 Å². The smallest absolute Gasteiger partial charge is 0.274 e. The highest BCUT2D eigenvalue weighted by Gasteiger charge is 2.33. The third kappa shape index (κ3) is 2.64. The monoisotopic (exact) mass is 327 g/mol. The molecule has 2 fully saturated rings. The maximum absolute atomic E-state index is 12.8. The molecule has 1 saturated heterocycles. The lowest BCUT2D eigenvalue weighted by Crippen LogP contribution is -2.41. The van der Waals surface area contributed by atoms with Crippen molar-refractivity contribution in [3.8, 4) is 0 Å². The zero-order valence-corrected chi connectivity index (χ0v) is 14.7. The molecule has 0 spiro atoms. The van der Waals surface area contributed by atoms with Crippen LogP contribution in [-0.4, -0.2) is 43.2 Å². The molecule has 2 aromatic rings. The van der Waals surface area contributed by atoms with E-state index in [9.17, 15) is 4.79 Å². The molecule has 0 N–H and O–H groups in total. The van der Waals surface area contributed by atoms with Gasteiger partial charge in [-0.1, -0.05) is 0 Å². The van der Waals surface area contributed by atoms with Crippen LogP contribution in [0.1, 0.15) is 65.3 Å². The third-order valence-corrected chi connectivity index (χ3v) is 5.33. The van der Waals surface area contributed by atoms with Gasteiger partial charge in [-0.3, -0.25) is 9.48 Å². The Morgan fingerprint density at radius 1 is 1.21 bits per heavy atom. The lowest BCUT2D eigenvalue weighted by molar-refractivity contribution is 0.0670. The van der Waals surface area contributed by atoms with Gasteiger partial charge in [0, 0.05) is 43.6 Å². The van der Waals surface area contributed by atoms with E-state index in [0.29, 0.717) is 17.7 Å². The Morgan fingerprint density at radius 2 is 2.00 bits per heavy atom. The van der Waals surface area contributed by atoms with E-state index < -0.39 is 0 Å². The predicted octanol–water partition coefficient (Wildman–Crippen LogP) is 2.59. The van der Waals surface area contributed by atoms with Gasteiger partial charge in [0.25, 0.3) is 5.91 Å². The fraction of sp³-hybridized carbons (Fsp3) is 0.611. The number of piperidine rings is 1. The number of aryl methyl sites for hydroxylation is 3. The molecule has 1 atom stereocenters. The average molecular weight is 327 g/mol. The molecule has 6 heteroatoms. The first-order chi connectivity index (χ1) is 11.5. The summed E-state index contributed by atoms with van der Waals surface area (Å²) < 4.78 is 4.15. The summed E-state index contributed by atoms with van der Waals surface area (Å²) in [6.07, 6.45) is 6.63. The molecule has 1 aliphatic heterocycles. The van der Waals surface area contributed by atoms with Crippen LogP contribution in [0.25, 0.3) is 0 Å². The standard InChI is InChI=1S/C18H25N5O/c1-12-9-16(20-21(12)3)18(24)22-8-4-5-15(11-22)23-13(2)10-19-17(23)14-6-7-14/h9-10,14-15H,4-8,11H2,1-3H3. The number of nitrogens with zero attached hydrogens (tertiary/aromatic N) is 5. The van der Waals surface area contributed by atoms with Gasteiger partial charge in [0.15, 0.2) is 5.69 Å². The predicted molar refractivity (Wildman–Crippen MR) is 91.1 cm³/mol. The fourth-order valence-electron chi connectivity index (χ4n) is 3.76. The van der Waals surface area contributed by atoms with Gasteiger partial charge in [-0.2, -0.15) is 5.10 Å². The van der Waals surface area contributed by atoms with Crippen LogP contribution in [0.4, 0.5) is 0 Å². The van der Waals surface area contributed by atoms with Crippen molar-refractivity contribution >= 4 is 5.91 Å². The maximum atomic E-state index is 12.8. The summed E-state index contributed by atoms with van der Waals surface area (Å²) in [5, 5.41) is 4.35. The first-order valence-corrected chi connectivity index (χ1v) is 8.88. The second-order valence-corrected chi connectivity index (χ2v) is 7.24. The lowest BCUT2D eigenvalue weighted by atomic mass is 10.0. The van der Waals surface area contributed by atoms with Crippen LogP contribution < -0.4 is 0 Å². The molecule has 3 heterocycles. The summed E-state index contributed by atoms with van der Waals surface area (Å²) >= 11 is 0. The van der Waals surface area contributed by atoms with E-state index in [1.807, 2.05) is 31.1 Å². The van der Waals surface area contributed by atoms with Crippen LogP contribution >= 0.6 is 0 Å². The molecule has 1 aliphatic carbocycles. The van der Waals surface area contributed by atoms with Crippen molar-refractivity contribution in [1.29, 1.82) is 0 Å². The Morgan fingerprint density at radius 3 is 2.67 bits per heavy atom. The number of aromatic nitrogens is 4. The number of hydrogen-bond donors (Lipinski definition) is 0. The summed E-state index contributed by atoms with van der Waals surface area (Å²) in [4.78, 5) is 19.4. The van der Waals surface area contributed by atoms with Crippen LogP contribution in [0.5, 0.6) is 0 Å². The first kappa shape index (κ1) is 15.4. The zero-order chi connectivity index (χ0) is 16.8. The van der Waals surface area contributed by atoms with Gasteiger partial charge in [0.05, 0.1) is 6.04 Å². The molecule has 24 heavy (non-hydrogen) atoms. The molecular weight excluding hydrogens is 302 g/mol. The molecular formula is C18H25N5O. The third-order valence-electron chi connectivity index (χ3n) is 5.33. The molecule has 1 amide bonds. The number of carbonyl (C=O) groups is 1. The van der Waals surface area contributed by atoms with Gasteiger partial charge in [0.2, 0.25) is 0 Å². The molecule has 2 aliphatic rings. The minimum atomic E-state index is 0.0501. The topological polar surface area (TPSA) is 56.0 Å². The van der Waals surface area contributed by atoms with Gasteiger partial charge in [0.1, 0.15) is 5.82 Å². The van der Waals surface area contributed by atoms with Gasteiger partial charge in [-0.25, -0.2) is 4.98 Å². The van der Waals surface area contributed by atoms with Gasteiger partial charge in [-0.05, 0) is 45.6 Å². The fourth-order valence-corrected chi connectivity index (χ4v) is 3.76. The van der Waals surface area contributed by atoms with E-state index in [1.165, 1.54) is 24.4 Å². The van der Waals surface area contributed by atoms with Crippen LogP contribution in [0.15, 0.2) is 12.3 Å². The largest absolute Gasteiger partial charge is 0.335 e. The summed E-state index contributed by atoms with van der Waals surface area (Å²) in [6.45, 7) is 5.67. The highest BCUT2D eigenvalue weighted by Crippen LogP contribution is 2.41. The molecule has 0 bridgehead atoms. The SMILES string of the molecule is Cc1cc(C(=O)N2CCCC(n3c(C)cnc3C3CC3)C2)nn1C. The highest BCUT2D eigenvalue weighted by molar-refractivity contribution is 5.92. The molecule has 0 aromatic carbocycles. The van der Waals surface area contributed by atoms with Crippen molar-refractivity contribution in [3.63, 3.8) is 0 Å². The van der Waals surface area contributed by atoms with Crippen molar-refractivity contribution in [2.24, 2.45) is 7.05 Å². The van der Waals surface area contributed by atoms with Crippen molar-refractivity contribution in [1.82, 2.24) is 24.2 Å². The summed E-state index contributed by atoms with van der Waals surface area (Å²) in [6, 6.07) is 2.22. The second-order valence-electron chi connectivity index (χ2n) is 7.24. The number of hydrogen-bond acceptors (Lipinski definition) is 3. The summed E-state index contributed by atoms with van der Waals surface area (Å²) in [5.74, 6) is 1.90. The van der Waals surface area contributed by atoms with E-state index in [0.717, 1.165) is 31.6 Å². The van der Waals surface area contributed by atoms with Crippen LogP contribution in [0, 0.1) is 13.8 Å². The Kier molecular flexibility index (Phi) is 3.70. The number of imidazole rings is 1.